The van der Waals surface area contributed by atoms with Crippen molar-refractivity contribution in [3.63, 3.8) is 0 Å². The van der Waals surface area contributed by atoms with Crippen LogP contribution in [-0.2, 0) is 6.42 Å². The summed E-state index contributed by atoms with van der Waals surface area (Å²) in [6, 6.07) is 13.4. The maximum Gasteiger partial charge on any atom is 0.122 e. The molecule has 0 spiro atoms. The Morgan fingerprint density at radius 2 is 1.91 bits per heavy atom. The molecule has 0 bridgehead atoms. The summed E-state index contributed by atoms with van der Waals surface area (Å²) in [4.78, 5) is 0. The summed E-state index contributed by atoms with van der Waals surface area (Å²) in [7, 11) is 0. The summed E-state index contributed by atoms with van der Waals surface area (Å²) in [5.74, 6) is 1.05. The monoisotopic (exact) mass is 291 g/mol. The van der Waals surface area contributed by atoms with Gasteiger partial charge in [0.1, 0.15) is 5.75 Å². The summed E-state index contributed by atoms with van der Waals surface area (Å²) in [6.45, 7) is 5.10. The van der Waals surface area contributed by atoms with E-state index >= 15 is 0 Å². The predicted octanol–water partition coefficient (Wildman–Crippen LogP) is 3.97. The van der Waals surface area contributed by atoms with Crippen molar-refractivity contribution in [2.45, 2.75) is 19.8 Å². The molecule has 0 saturated heterocycles. The smallest absolute Gasteiger partial charge is 0.122 e. The van der Waals surface area contributed by atoms with E-state index in [4.69, 9.17) is 4.74 Å². The first-order chi connectivity index (χ1) is 10.8. The molecule has 2 aliphatic heterocycles. The van der Waals surface area contributed by atoms with E-state index in [2.05, 4.69) is 54.7 Å². The van der Waals surface area contributed by atoms with Crippen molar-refractivity contribution in [3.8, 4) is 16.9 Å². The molecule has 0 saturated carbocycles. The molecule has 22 heavy (non-hydrogen) atoms. The summed E-state index contributed by atoms with van der Waals surface area (Å²) in [5.41, 5.74) is 8.14. The van der Waals surface area contributed by atoms with Crippen LogP contribution >= 0.6 is 0 Å². The van der Waals surface area contributed by atoms with Gasteiger partial charge in [-0.25, -0.2) is 0 Å². The van der Waals surface area contributed by atoms with Gasteiger partial charge in [-0.2, -0.15) is 0 Å². The Kier molecular flexibility index (Phi) is 3.47. The number of aryl methyl sites for hydroxylation is 1. The highest BCUT2D eigenvalue weighted by molar-refractivity contribution is 5.74. The van der Waals surface area contributed by atoms with Crippen LogP contribution in [0.1, 0.15) is 23.1 Å². The lowest BCUT2D eigenvalue weighted by atomic mass is 9.93. The zero-order valence-corrected chi connectivity index (χ0v) is 13.0. The SMILES string of the molecule is Cc1cc(C2=CCNCC2)ccc1-c1ccc2c(c1)CCO2. The van der Waals surface area contributed by atoms with Crippen LogP contribution in [0.25, 0.3) is 16.7 Å². The van der Waals surface area contributed by atoms with Crippen molar-refractivity contribution in [2.75, 3.05) is 19.7 Å². The van der Waals surface area contributed by atoms with Crippen LogP contribution < -0.4 is 10.1 Å². The Morgan fingerprint density at radius 3 is 2.73 bits per heavy atom. The van der Waals surface area contributed by atoms with E-state index in [9.17, 15) is 0 Å². The summed E-state index contributed by atoms with van der Waals surface area (Å²) in [5, 5.41) is 3.37. The summed E-state index contributed by atoms with van der Waals surface area (Å²) < 4.78 is 5.60. The van der Waals surface area contributed by atoms with Gasteiger partial charge in [0.25, 0.3) is 0 Å². The molecule has 0 fully saturated rings. The number of rotatable bonds is 2. The Hall–Kier alpha value is -2.06. The van der Waals surface area contributed by atoms with Gasteiger partial charge >= 0.3 is 0 Å². The Morgan fingerprint density at radius 1 is 1.00 bits per heavy atom. The second kappa shape index (κ2) is 5.62. The molecule has 2 heteroatoms. The fourth-order valence-electron chi connectivity index (χ4n) is 3.43. The second-order valence-electron chi connectivity index (χ2n) is 6.13. The van der Waals surface area contributed by atoms with Gasteiger partial charge in [0.2, 0.25) is 0 Å². The number of hydrogen-bond acceptors (Lipinski definition) is 2. The Labute approximate surface area is 131 Å². The van der Waals surface area contributed by atoms with Crippen LogP contribution in [0.3, 0.4) is 0 Å². The molecule has 2 nitrogen and oxygen atoms in total. The third-order valence-corrected chi connectivity index (χ3v) is 4.66. The van der Waals surface area contributed by atoms with Crippen LogP contribution in [0.5, 0.6) is 5.75 Å². The van der Waals surface area contributed by atoms with Gasteiger partial charge < -0.3 is 10.1 Å². The van der Waals surface area contributed by atoms with E-state index in [1.165, 1.54) is 33.4 Å². The summed E-state index contributed by atoms with van der Waals surface area (Å²) >= 11 is 0. The molecule has 2 aromatic carbocycles. The van der Waals surface area contributed by atoms with Crippen molar-refractivity contribution in [2.24, 2.45) is 0 Å². The first kappa shape index (κ1) is 13.6. The molecule has 0 amide bonds. The number of benzene rings is 2. The third-order valence-electron chi connectivity index (χ3n) is 4.66. The van der Waals surface area contributed by atoms with E-state index in [1.54, 1.807) is 0 Å². The maximum atomic E-state index is 5.60. The molecule has 0 aromatic heterocycles. The second-order valence-corrected chi connectivity index (χ2v) is 6.13. The molecule has 0 unspecified atom stereocenters. The van der Waals surface area contributed by atoms with Crippen molar-refractivity contribution < 1.29 is 4.74 Å². The summed E-state index contributed by atoms with van der Waals surface area (Å²) in [6.07, 6.45) is 4.46. The highest BCUT2D eigenvalue weighted by Gasteiger charge is 2.14. The van der Waals surface area contributed by atoms with Gasteiger partial charge in [0, 0.05) is 13.0 Å². The van der Waals surface area contributed by atoms with Crippen LogP contribution in [0.4, 0.5) is 0 Å². The highest BCUT2D eigenvalue weighted by atomic mass is 16.5. The maximum absolute atomic E-state index is 5.60. The normalized spacial score (nSPS) is 16.9. The zero-order chi connectivity index (χ0) is 14.9. The van der Waals surface area contributed by atoms with E-state index in [1.807, 2.05) is 0 Å². The number of nitrogens with one attached hydrogen (secondary N) is 1. The van der Waals surface area contributed by atoms with Crippen molar-refractivity contribution >= 4 is 5.57 Å². The molecule has 0 radical (unpaired) electrons. The third kappa shape index (κ3) is 2.44. The predicted molar refractivity (Wildman–Crippen MR) is 91.3 cm³/mol. The first-order valence-corrected chi connectivity index (χ1v) is 8.08. The van der Waals surface area contributed by atoms with Gasteiger partial charge in [-0.15, -0.1) is 0 Å². The molecule has 0 aliphatic carbocycles. The average molecular weight is 291 g/mol. The molecule has 2 aromatic rings. The fourth-order valence-corrected chi connectivity index (χ4v) is 3.43. The van der Waals surface area contributed by atoms with Crippen LogP contribution in [0.2, 0.25) is 0 Å². The van der Waals surface area contributed by atoms with E-state index in [0.29, 0.717) is 0 Å². The van der Waals surface area contributed by atoms with Crippen molar-refractivity contribution in [1.82, 2.24) is 5.32 Å². The zero-order valence-electron chi connectivity index (χ0n) is 13.0. The lowest BCUT2D eigenvalue weighted by Gasteiger charge is -2.16. The van der Waals surface area contributed by atoms with Crippen LogP contribution in [-0.4, -0.2) is 19.7 Å². The molecule has 1 N–H and O–H groups in total. The number of fused-ring (bicyclic) bond motifs is 1. The van der Waals surface area contributed by atoms with Gasteiger partial charge in [-0.1, -0.05) is 30.3 Å². The minimum Gasteiger partial charge on any atom is -0.493 e. The van der Waals surface area contributed by atoms with Gasteiger partial charge in [0.15, 0.2) is 0 Å². The van der Waals surface area contributed by atoms with Crippen molar-refractivity contribution in [3.05, 3.63) is 59.2 Å². The lowest BCUT2D eigenvalue weighted by Crippen LogP contribution is -2.20. The van der Waals surface area contributed by atoms with Gasteiger partial charge in [-0.05, 0) is 65.4 Å². The van der Waals surface area contributed by atoms with E-state index in [0.717, 1.165) is 38.3 Å². The largest absolute Gasteiger partial charge is 0.493 e. The van der Waals surface area contributed by atoms with Crippen molar-refractivity contribution in [1.29, 1.82) is 0 Å². The van der Waals surface area contributed by atoms with E-state index < -0.39 is 0 Å². The average Bonchev–Trinajstić information content (AvgIpc) is 3.03. The van der Waals surface area contributed by atoms with Crippen LogP contribution in [0.15, 0.2) is 42.5 Å². The Balaban J connectivity index is 1.69. The Bertz CT molecular complexity index is 745. The lowest BCUT2D eigenvalue weighted by molar-refractivity contribution is 0.357. The topological polar surface area (TPSA) is 21.3 Å². The molecular formula is C20H21NO. The molecule has 4 rings (SSSR count). The van der Waals surface area contributed by atoms with E-state index in [-0.39, 0.29) is 0 Å². The minimum absolute atomic E-state index is 0.818. The quantitative estimate of drug-likeness (QED) is 0.904. The van der Waals surface area contributed by atoms with Gasteiger partial charge in [0.05, 0.1) is 6.61 Å². The first-order valence-electron chi connectivity index (χ1n) is 8.08. The number of ether oxygens (including phenoxy) is 1. The van der Waals surface area contributed by atoms with Gasteiger partial charge in [-0.3, -0.25) is 0 Å². The molecular weight excluding hydrogens is 270 g/mol. The minimum atomic E-state index is 0.818. The molecule has 112 valence electrons. The fraction of sp³-hybridized carbons (Fsp3) is 0.300. The molecule has 2 heterocycles. The standard InChI is InChI=1S/C20H21NO/c1-14-12-16(15-6-9-21-10-7-15)2-4-19(14)17-3-5-20-18(13-17)8-11-22-20/h2-6,12-13,21H,7-11H2,1H3. The molecule has 0 atom stereocenters. The number of hydrogen-bond donors (Lipinski definition) is 1. The molecule has 2 aliphatic rings. The highest BCUT2D eigenvalue weighted by Crippen LogP contribution is 2.33. The van der Waals surface area contributed by atoms with Crippen LogP contribution in [0, 0.1) is 6.92 Å².